The highest BCUT2D eigenvalue weighted by atomic mass is 19.1. The Hall–Kier alpha value is -0.890. The number of halogens is 1. The zero-order valence-corrected chi connectivity index (χ0v) is 11.6. The summed E-state index contributed by atoms with van der Waals surface area (Å²) in [6, 6.07) is 6.83. The summed E-state index contributed by atoms with van der Waals surface area (Å²) < 4.78 is 12.9. The molecule has 0 atom stereocenters. The minimum atomic E-state index is -0.169. The lowest BCUT2D eigenvalue weighted by Crippen LogP contribution is -2.38. The molecule has 0 saturated heterocycles. The quantitative estimate of drug-likeness (QED) is 0.838. The highest BCUT2D eigenvalue weighted by Gasteiger charge is 2.21. The molecule has 0 aliphatic rings. The predicted molar refractivity (Wildman–Crippen MR) is 71.8 cm³/mol. The highest BCUT2D eigenvalue weighted by molar-refractivity contribution is 5.24. The minimum Gasteiger partial charge on any atom is -0.312 e. The van der Waals surface area contributed by atoms with Crippen LogP contribution in [0.15, 0.2) is 24.3 Å². The summed E-state index contributed by atoms with van der Waals surface area (Å²) in [5.41, 5.74) is 1.42. The molecule has 1 aromatic rings. The van der Waals surface area contributed by atoms with Gasteiger partial charge in [-0.05, 0) is 56.8 Å². The van der Waals surface area contributed by atoms with E-state index in [-0.39, 0.29) is 16.8 Å². The number of benzene rings is 1. The zero-order chi connectivity index (χ0) is 13.1. The van der Waals surface area contributed by atoms with Crippen LogP contribution >= 0.6 is 0 Å². The van der Waals surface area contributed by atoms with Crippen molar-refractivity contribution in [2.45, 2.75) is 52.0 Å². The van der Waals surface area contributed by atoms with Gasteiger partial charge in [0.1, 0.15) is 5.82 Å². The van der Waals surface area contributed by atoms with Crippen molar-refractivity contribution in [1.29, 1.82) is 0 Å². The largest absolute Gasteiger partial charge is 0.312 e. The first kappa shape index (κ1) is 14.2. The molecule has 1 aromatic carbocycles. The number of nitrogens with one attached hydrogen (secondary N) is 1. The molecule has 0 radical (unpaired) electrons. The topological polar surface area (TPSA) is 12.0 Å². The van der Waals surface area contributed by atoms with Crippen molar-refractivity contribution in [3.8, 4) is 0 Å². The van der Waals surface area contributed by atoms with E-state index in [2.05, 4.69) is 39.9 Å². The van der Waals surface area contributed by atoms with Gasteiger partial charge in [0, 0.05) is 5.54 Å². The average molecular weight is 237 g/mol. The highest BCUT2D eigenvalue weighted by Crippen LogP contribution is 2.26. The third kappa shape index (κ3) is 4.86. The van der Waals surface area contributed by atoms with Crippen LogP contribution in [-0.4, -0.2) is 12.1 Å². The predicted octanol–water partition coefficient (Wildman–Crippen LogP) is 3.88. The van der Waals surface area contributed by atoms with Crippen LogP contribution < -0.4 is 5.32 Å². The van der Waals surface area contributed by atoms with Crippen LogP contribution in [0.3, 0.4) is 0 Å². The standard InChI is InChI=1S/C15H24FN/c1-14(2,3)17-11-10-15(4,5)12-6-8-13(16)9-7-12/h6-9,17H,10-11H2,1-5H3. The van der Waals surface area contributed by atoms with Crippen LogP contribution in [0.25, 0.3) is 0 Å². The van der Waals surface area contributed by atoms with E-state index in [0.29, 0.717) is 0 Å². The van der Waals surface area contributed by atoms with Crippen LogP contribution in [0, 0.1) is 5.82 Å². The summed E-state index contributed by atoms with van der Waals surface area (Å²) in [6.45, 7) is 11.9. The fourth-order valence-electron chi connectivity index (χ4n) is 1.80. The van der Waals surface area contributed by atoms with Crippen molar-refractivity contribution in [1.82, 2.24) is 5.32 Å². The van der Waals surface area contributed by atoms with E-state index in [9.17, 15) is 4.39 Å². The van der Waals surface area contributed by atoms with E-state index in [0.717, 1.165) is 13.0 Å². The Kier molecular flexibility index (Phi) is 4.31. The molecular weight excluding hydrogens is 213 g/mol. The van der Waals surface area contributed by atoms with E-state index in [1.807, 2.05) is 12.1 Å². The van der Waals surface area contributed by atoms with E-state index in [1.165, 1.54) is 17.7 Å². The Labute approximate surface area is 104 Å². The lowest BCUT2D eigenvalue weighted by atomic mass is 9.81. The molecule has 0 fully saturated rings. The summed E-state index contributed by atoms with van der Waals surface area (Å²) in [5, 5.41) is 3.49. The van der Waals surface area contributed by atoms with E-state index in [4.69, 9.17) is 0 Å². The van der Waals surface area contributed by atoms with Gasteiger partial charge in [-0.1, -0.05) is 26.0 Å². The Morgan fingerprint density at radius 1 is 1.00 bits per heavy atom. The number of hydrogen-bond donors (Lipinski definition) is 1. The average Bonchev–Trinajstić information content (AvgIpc) is 2.15. The summed E-state index contributed by atoms with van der Waals surface area (Å²) in [7, 11) is 0. The first-order valence-electron chi connectivity index (χ1n) is 6.22. The molecule has 0 aromatic heterocycles. The molecule has 0 unspecified atom stereocenters. The van der Waals surface area contributed by atoms with Crippen LogP contribution in [0.5, 0.6) is 0 Å². The smallest absolute Gasteiger partial charge is 0.123 e. The third-order valence-corrected chi connectivity index (χ3v) is 3.03. The molecule has 1 nitrogen and oxygen atoms in total. The SMILES string of the molecule is CC(C)(C)NCCC(C)(C)c1ccc(F)cc1. The second kappa shape index (κ2) is 5.18. The maximum absolute atomic E-state index is 12.9. The molecule has 0 aliphatic heterocycles. The molecule has 0 amide bonds. The molecule has 0 heterocycles. The molecule has 1 rings (SSSR count). The van der Waals surface area contributed by atoms with Gasteiger partial charge in [-0.2, -0.15) is 0 Å². The van der Waals surface area contributed by atoms with Crippen molar-refractivity contribution in [3.63, 3.8) is 0 Å². The summed E-state index contributed by atoms with van der Waals surface area (Å²) >= 11 is 0. The van der Waals surface area contributed by atoms with Gasteiger partial charge in [0.25, 0.3) is 0 Å². The first-order chi connectivity index (χ1) is 7.71. The molecule has 0 aliphatic carbocycles. The van der Waals surface area contributed by atoms with Crippen molar-refractivity contribution >= 4 is 0 Å². The molecule has 0 saturated carbocycles. The molecule has 96 valence electrons. The second-order valence-corrected chi connectivity index (χ2v) is 6.32. The zero-order valence-electron chi connectivity index (χ0n) is 11.6. The lowest BCUT2D eigenvalue weighted by molar-refractivity contribution is 0.379. The monoisotopic (exact) mass is 237 g/mol. The maximum Gasteiger partial charge on any atom is 0.123 e. The van der Waals surface area contributed by atoms with E-state index < -0.39 is 0 Å². The van der Waals surface area contributed by atoms with Crippen LogP contribution in [0.4, 0.5) is 4.39 Å². The van der Waals surface area contributed by atoms with Gasteiger partial charge in [-0.3, -0.25) is 0 Å². The molecule has 2 heteroatoms. The van der Waals surface area contributed by atoms with E-state index in [1.54, 1.807) is 0 Å². The van der Waals surface area contributed by atoms with E-state index >= 15 is 0 Å². The molecule has 0 spiro atoms. The molecular formula is C15H24FN. The second-order valence-electron chi connectivity index (χ2n) is 6.32. The summed E-state index contributed by atoms with van der Waals surface area (Å²) in [6.07, 6.45) is 1.04. The van der Waals surface area contributed by atoms with Crippen LogP contribution in [0.1, 0.15) is 46.6 Å². The summed E-state index contributed by atoms with van der Waals surface area (Å²) in [5.74, 6) is -0.169. The molecule has 17 heavy (non-hydrogen) atoms. The van der Waals surface area contributed by atoms with Crippen LogP contribution in [0.2, 0.25) is 0 Å². The van der Waals surface area contributed by atoms with Crippen molar-refractivity contribution in [3.05, 3.63) is 35.6 Å². The lowest BCUT2D eigenvalue weighted by Gasteiger charge is -2.28. The van der Waals surface area contributed by atoms with Gasteiger partial charge in [-0.15, -0.1) is 0 Å². The van der Waals surface area contributed by atoms with Gasteiger partial charge in [-0.25, -0.2) is 4.39 Å². The fraction of sp³-hybridized carbons (Fsp3) is 0.600. The molecule has 0 bridgehead atoms. The van der Waals surface area contributed by atoms with Crippen molar-refractivity contribution in [2.24, 2.45) is 0 Å². The van der Waals surface area contributed by atoms with Gasteiger partial charge >= 0.3 is 0 Å². The normalized spacial score (nSPS) is 12.8. The minimum absolute atomic E-state index is 0.0753. The van der Waals surface area contributed by atoms with Crippen LogP contribution in [-0.2, 0) is 5.41 Å². The first-order valence-corrected chi connectivity index (χ1v) is 6.22. The van der Waals surface area contributed by atoms with Gasteiger partial charge in [0.15, 0.2) is 0 Å². The van der Waals surface area contributed by atoms with Gasteiger partial charge in [0.2, 0.25) is 0 Å². The summed E-state index contributed by atoms with van der Waals surface area (Å²) in [4.78, 5) is 0. The molecule has 1 N–H and O–H groups in total. The van der Waals surface area contributed by atoms with Gasteiger partial charge < -0.3 is 5.32 Å². The fourth-order valence-corrected chi connectivity index (χ4v) is 1.80. The Morgan fingerprint density at radius 2 is 1.53 bits per heavy atom. The number of rotatable bonds is 4. The Balaban J connectivity index is 2.59. The Morgan fingerprint density at radius 3 is 2.00 bits per heavy atom. The third-order valence-electron chi connectivity index (χ3n) is 3.03. The maximum atomic E-state index is 12.9. The Bertz CT molecular complexity index is 346. The van der Waals surface area contributed by atoms with Gasteiger partial charge in [0.05, 0.1) is 0 Å². The van der Waals surface area contributed by atoms with Crippen molar-refractivity contribution < 1.29 is 4.39 Å². The van der Waals surface area contributed by atoms with Crippen molar-refractivity contribution in [2.75, 3.05) is 6.54 Å². The number of hydrogen-bond acceptors (Lipinski definition) is 1.